The molecule has 0 atom stereocenters. The Kier molecular flexibility index (Phi) is 4.65. The van der Waals surface area contributed by atoms with E-state index < -0.39 is 0 Å². The van der Waals surface area contributed by atoms with Gasteiger partial charge in [0.15, 0.2) is 0 Å². The molecule has 0 radical (unpaired) electrons. The molecule has 1 amide bonds. The van der Waals surface area contributed by atoms with Crippen molar-refractivity contribution in [3.05, 3.63) is 58.3 Å². The number of aromatic nitrogens is 1. The summed E-state index contributed by atoms with van der Waals surface area (Å²) < 4.78 is 0.978. The summed E-state index contributed by atoms with van der Waals surface area (Å²) in [5.74, 6) is -0.137. The van der Waals surface area contributed by atoms with E-state index in [4.69, 9.17) is 0 Å². The SMILES string of the molecule is CNCc1cc(C(=O)Nc2ccc(Br)cc2)ccn1. The minimum atomic E-state index is -0.137. The second-order valence-electron chi connectivity index (χ2n) is 4.03. The predicted molar refractivity (Wildman–Crippen MR) is 79.1 cm³/mol. The summed E-state index contributed by atoms with van der Waals surface area (Å²) in [6.07, 6.45) is 1.64. The number of rotatable bonds is 4. The van der Waals surface area contributed by atoms with E-state index in [1.165, 1.54) is 0 Å². The minimum Gasteiger partial charge on any atom is -0.322 e. The van der Waals surface area contributed by atoms with Crippen LogP contribution in [0, 0.1) is 0 Å². The Morgan fingerprint density at radius 1 is 1.26 bits per heavy atom. The van der Waals surface area contributed by atoms with Crippen molar-refractivity contribution in [2.45, 2.75) is 6.54 Å². The number of hydrogen-bond donors (Lipinski definition) is 2. The van der Waals surface area contributed by atoms with E-state index in [0.717, 1.165) is 15.9 Å². The summed E-state index contributed by atoms with van der Waals surface area (Å²) in [4.78, 5) is 16.3. The van der Waals surface area contributed by atoms with Gasteiger partial charge >= 0.3 is 0 Å². The Labute approximate surface area is 120 Å². The molecule has 0 unspecified atom stereocenters. The molecule has 19 heavy (non-hydrogen) atoms. The zero-order valence-corrected chi connectivity index (χ0v) is 12.1. The summed E-state index contributed by atoms with van der Waals surface area (Å²) in [6, 6.07) is 10.9. The van der Waals surface area contributed by atoms with Crippen LogP contribution in [0.4, 0.5) is 5.69 Å². The molecule has 1 heterocycles. The third-order valence-corrected chi connectivity index (χ3v) is 3.07. The van der Waals surface area contributed by atoms with Crippen LogP contribution in [0.1, 0.15) is 16.1 Å². The smallest absolute Gasteiger partial charge is 0.255 e. The van der Waals surface area contributed by atoms with Crippen LogP contribution >= 0.6 is 15.9 Å². The fourth-order valence-corrected chi connectivity index (χ4v) is 1.90. The Hall–Kier alpha value is -1.72. The van der Waals surface area contributed by atoms with Crippen molar-refractivity contribution in [1.82, 2.24) is 10.3 Å². The van der Waals surface area contributed by atoms with Gasteiger partial charge in [0.1, 0.15) is 0 Å². The summed E-state index contributed by atoms with van der Waals surface area (Å²) in [7, 11) is 1.84. The van der Waals surface area contributed by atoms with Crippen LogP contribution in [0.3, 0.4) is 0 Å². The predicted octanol–water partition coefficient (Wildman–Crippen LogP) is 2.82. The van der Waals surface area contributed by atoms with E-state index in [-0.39, 0.29) is 5.91 Å². The third kappa shape index (κ3) is 3.87. The van der Waals surface area contributed by atoms with E-state index in [1.54, 1.807) is 18.3 Å². The highest BCUT2D eigenvalue weighted by Crippen LogP contribution is 2.15. The fraction of sp³-hybridized carbons (Fsp3) is 0.143. The van der Waals surface area contributed by atoms with Crippen molar-refractivity contribution in [2.24, 2.45) is 0 Å². The van der Waals surface area contributed by atoms with Crippen molar-refractivity contribution in [3.8, 4) is 0 Å². The number of nitrogens with zero attached hydrogens (tertiary/aromatic N) is 1. The number of hydrogen-bond acceptors (Lipinski definition) is 3. The molecule has 0 aliphatic heterocycles. The van der Waals surface area contributed by atoms with Crippen LogP contribution in [-0.2, 0) is 6.54 Å². The van der Waals surface area contributed by atoms with Gasteiger partial charge in [-0.25, -0.2) is 0 Å². The maximum atomic E-state index is 12.1. The molecule has 98 valence electrons. The second-order valence-corrected chi connectivity index (χ2v) is 4.94. The van der Waals surface area contributed by atoms with Gasteiger partial charge in [-0.3, -0.25) is 9.78 Å². The zero-order chi connectivity index (χ0) is 13.7. The number of anilines is 1. The Morgan fingerprint density at radius 3 is 2.68 bits per heavy atom. The molecule has 0 aliphatic carbocycles. The topological polar surface area (TPSA) is 54.0 Å². The lowest BCUT2D eigenvalue weighted by Gasteiger charge is -2.06. The van der Waals surface area contributed by atoms with E-state index >= 15 is 0 Å². The monoisotopic (exact) mass is 319 g/mol. The van der Waals surface area contributed by atoms with Crippen molar-refractivity contribution in [1.29, 1.82) is 0 Å². The van der Waals surface area contributed by atoms with Gasteiger partial charge in [-0.05, 0) is 43.4 Å². The van der Waals surface area contributed by atoms with Crippen molar-refractivity contribution >= 4 is 27.5 Å². The molecule has 2 aromatic rings. The molecular weight excluding hydrogens is 306 g/mol. The van der Waals surface area contributed by atoms with Crippen molar-refractivity contribution in [3.63, 3.8) is 0 Å². The van der Waals surface area contributed by atoms with Gasteiger partial charge < -0.3 is 10.6 Å². The van der Waals surface area contributed by atoms with Crippen LogP contribution in [0.5, 0.6) is 0 Å². The van der Waals surface area contributed by atoms with Crippen LogP contribution in [0.25, 0.3) is 0 Å². The molecule has 1 aromatic carbocycles. The summed E-state index contributed by atoms with van der Waals surface area (Å²) in [5.41, 5.74) is 2.20. The van der Waals surface area contributed by atoms with Gasteiger partial charge in [-0.15, -0.1) is 0 Å². The molecule has 5 heteroatoms. The van der Waals surface area contributed by atoms with Gasteiger partial charge in [0.05, 0.1) is 5.69 Å². The van der Waals surface area contributed by atoms with E-state index in [2.05, 4.69) is 31.5 Å². The molecule has 4 nitrogen and oxygen atoms in total. The molecule has 0 aliphatic rings. The lowest BCUT2D eigenvalue weighted by molar-refractivity contribution is 0.102. The molecular formula is C14H14BrN3O. The first kappa shape index (κ1) is 13.7. The highest BCUT2D eigenvalue weighted by molar-refractivity contribution is 9.10. The lowest BCUT2D eigenvalue weighted by Crippen LogP contribution is -2.14. The standard InChI is InChI=1S/C14H14BrN3O/c1-16-9-13-8-10(6-7-17-13)14(19)18-12-4-2-11(15)3-5-12/h2-8,16H,9H2,1H3,(H,18,19). The number of benzene rings is 1. The first-order valence-electron chi connectivity index (χ1n) is 5.85. The molecule has 0 spiro atoms. The van der Waals surface area contributed by atoms with Gasteiger partial charge in [0, 0.05) is 28.5 Å². The van der Waals surface area contributed by atoms with E-state index in [0.29, 0.717) is 12.1 Å². The number of carbonyl (C=O) groups excluding carboxylic acids is 1. The van der Waals surface area contributed by atoms with Crippen molar-refractivity contribution in [2.75, 3.05) is 12.4 Å². The van der Waals surface area contributed by atoms with Crippen LogP contribution in [0.2, 0.25) is 0 Å². The number of nitrogens with one attached hydrogen (secondary N) is 2. The van der Waals surface area contributed by atoms with Crippen LogP contribution in [0.15, 0.2) is 47.1 Å². The van der Waals surface area contributed by atoms with Crippen molar-refractivity contribution < 1.29 is 4.79 Å². The maximum absolute atomic E-state index is 12.1. The van der Waals surface area contributed by atoms with E-state index in [9.17, 15) is 4.79 Å². The quantitative estimate of drug-likeness (QED) is 0.911. The summed E-state index contributed by atoms with van der Waals surface area (Å²) >= 11 is 3.36. The van der Waals surface area contributed by atoms with Crippen LogP contribution < -0.4 is 10.6 Å². The van der Waals surface area contributed by atoms with Crippen LogP contribution in [-0.4, -0.2) is 17.9 Å². The zero-order valence-electron chi connectivity index (χ0n) is 10.5. The highest BCUT2D eigenvalue weighted by atomic mass is 79.9. The maximum Gasteiger partial charge on any atom is 0.255 e. The molecule has 0 saturated heterocycles. The Balaban J connectivity index is 2.11. The average molecular weight is 320 g/mol. The van der Waals surface area contributed by atoms with E-state index in [1.807, 2.05) is 31.3 Å². The minimum absolute atomic E-state index is 0.137. The fourth-order valence-electron chi connectivity index (χ4n) is 1.63. The third-order valence-electron chi connectivity index (χ3n) is 2.54. The Bertz CT molecular complexity index is 569. The molecule has 2 rings (SSSR count). The van der Waals surface area contributed by atoms with Gasteiger partial charge in [0.25, 0.3) is 5.91 Å². The molecule has 0 saturated carbocycles. The Morgan fingerprint density at radius 2 is 2.00 bits per heavy atom. The lowest BCUT2D eigenvalue weighted by atomic mass is 10.2. The summed E-state index contributed by atoms with van der Waals surface area (Å²) in [6.45, 7) is 0.638. The average Bonchev–Trinajstić information content (AvgIpc) is 2.42. The van der Waals surface area contributed by atoms with Gasteiger partial charge in [-0.2, -0.15) is 0 Å². The van der Waals surface area contributed by atoms with Gasteiger partial charge in [-0.1, -0.05) is 15.9 Å². The molecule has 0 bridgehead atoms. The number of halogens is 1. The number of carbonyl (C=O) groups is 1. The number of amides is 1. The normalized spacial score (nSPS) is 10.2. The number of pyridine rings is 1. The molecule has 1 aromatic heterocycles. The first-order chi connectivity index (χ1) is 9.19. The highest BCUT2D eigenvalue weighted by Gasteiger charge is 2.07. The molecule has 0 fully saturated rings. The molecule has 2 N–H and O–H groups in total. The first-order valence-corrected chi connectivity index (χ1v) is 6.65. The largest absolute Gasteiger partial charge is 0.322 e. The van der Waals surface area contributed by atoms with Gasteiger partial charge in [0.2, 0.25) is 0 Å². The second kappa shape index (κ2) is 6.45. The summed E-state index contributed by atoms with van der Waals surface area (Å²) in [5, 5.41) is 5.85.